The molecule has 1 aliphatic heterocycles. The summed E-state index contributed by atoms with van der Waals surface area (Å²) in [4.78, 5) is 14.7. The molecule has 0 atom stereocenters. The quantitative estimate of drug-likeness (QED) is 0.792. The normalized spacial score (nSPS) is 16.6. The van der Waals surface area contributed by atoms with Crippen LogP contribution in [0.4, 0.5) is 0 Å². The molecule has 1 fully saturated rings. The van der Waals surface area contributed by atoms with Gasteiger partial charge in [0.2, 0.25) is 0 Å². The van der Waals surface area contributed by atoms with E-state index in [2.05, 4.69) is 11.0 Å². The second-order valence-electron chi connectivity index (χ2n) is 5.13. The highest BCUT2D eigenvalue weighted by molar-refractivity contribution is 7.17. The van der Waals surface area contributed by atoms with Crippen LogP contribution in [0, 0.1) is 0 Å². The van der Waals surface area contributed by atoms with Crippen LogP contribution in [0.1, 0.15) is 23.2 Å². The second kappa shape index (κ2) is 6.48. The lowest BCUT2D eigenvalue weighted by Gasteiger charge is -2.26. The van der Waals surface area contributed by atoms with Gasteiger partial charge in [-0.2, -0.15) is 0 Å². The average Bonchev–Trinajstić information content (AvgIpc) is 2.92. The summed E-state index contributed by atoms with van der Waals surface area (Å²) in [5.41, 5.74) is 0.896. The zero-order chi connectivity index (χ0) is 13.8. The predicted octanol–water partition coefficient (Wildman–Crippen LogP) is 3.20. The van der Waals surface area contributed by atoms with Crippen LogP contribution in [-0.2, 0) is 4.74 Å². The van der Waals surface area contributed by atoms with E-state index in [9.17, 15) is 4.79 Å². The van der Waals surface area contributed by atoms with E-state index in [0.717, 1.165) is 50.2 Å². The first kappa shape index (κ1) is 13.7. The Labute approximate surface area is 123 Å². The Hall–Kier alpha value is -1.23. The first-order valence-electron chi connectivity index (χ1n) is 7.14. The van der Waals surface area contributed by atoms with Crippen molar-refractivity contribution in [1.29, 1.82) is 0 Å². The molecule has 0 unspecified atom stereocenters. The van der Waals surface area contributed by atoms with E-state index < -0.39 is 0 Å². The number of rotatable bonds is 5. The molecule has 0 N–H and O–H groups in total. The number of nitrogens with zero attached hydrogens (tertiary/aromatic N) is 1. The number of Topliss-reactive ketones (excluding diaryl/α,β-unsaturated/α-hetero) is 1. The number of carbonyl (C=O) groups is 1. The first-order valence-corrected chi connectivity index (χ1v) is 8.02. The smallest absolute Gasteiger partial charge is 0.164 e. The van der Waals surface area contributed by atoms with Crippen molar-refractivity contribution in [3.05, 3.63) is 35.2 Å². The van der Waals surface area contributed by atoms with Crippen LogP contribution in [0.15, 0.2) is 29.6 Å². The van der Waals surface area contributed by atoms with E-state index in [1.54, 1.807) is 11.3 Å². The maximum atomic E-state index is 12.3. The molecule has 2 aromatic rings. The number of ether oxygens (including phenoxy) is 1. The zero-order valence-electron chi connectivity index (χ0n) is 11.5. The molecular formula is C16H19NO2S. The molecular weight excluding hydrogens is 270 g/mol. The molecule has 2 heterocycles. The molecule has 0 aliphatic carbocycles. The standard InChI is InChI=1S/C16H19NO2S/c18-15(5-3-7-17-8-10-19-11-9-17)14-12-20-16-6-2-1-4-13(14)16/h1-2,4,6,12H,3,5,7-11H2. The van der Waals surface area contributed by atoms with Crippen molar-refractivity contribution in [1.82, 2.24) is 4.90 Å². The average molecular weight is 289 g/mol. The Morgan fingerprint density at radius 2 is 2.05 bits per heavy atom. The highest BCUT2D eigenvalue weighted by atomic mass is 32.1. The molecule has 0 amide bonds. The van der Waals surface area contributed by atoms with Gasteiger partial charge in [0, 0.05) is 40.5 Å². The van der Waals surface area contributed by atoms with Gasteiger partial charge in [0.15, 0.2) is 5.78 Å². The number of morpholine rings is 1. The molecule has 0 saturated carbocycles. The minimum atomic E-state index is 0.274. The fourth-order valence-corrected chi connectivity index (χ4v) is 3.58. The number of thiophene rings is 1. The molecule has 0 bridgehead atoms. The summed E-state index contributed by atoms with van der Waals surface area (Å²) in [7, 11) is 0. The van der Waals surface area contributed by atoms with Crippen LogP contribution in [0.3, 0.4) is 0 Å². The predicted molar refractivity (Wildman–Crippen MR) is 82.6 cm³/mol. The van der Waals surface area contributed by atoms with Crippen molar-refractivity contribution >= 4 is 27.2 Å². The van der Waals surface area contributed by atoms with Gasteiger partial charge in [-0.15, -0.1) is 11.3 Å². The van der Waals surface area contributed by atoms with E-state index in [0.29, 0.717) is 6.42 Å². The van der Waals surface area contributed by atoms with Gasteiger partial charge in [-0.05, 0) is 19.0 Å². The highest BCUT2D eigenvalue weighted by Crippen LogP contribution is 2.26. The third-order valence-corrected chi connectivity index (χ3v) is 4.73. The van der Waals surface area contributed by atoms with Crippen molar-refractivity contribution in [3.8, 4) is 0 Å². The Morgan fingerprint density at radius 1 is 1.25 bits per heavy atom. The van der Waals surface area contributed by atoms with E-state index >= 15 is 0 Å². The lowest BCUT2D eigenvalue weighted by Crippen LogP contribution is -2.36. The van der Waals surface area contributed by atoms with Gasteiger partial charge in [-0.3, -0.25) is 9.69 Å². The van der Waals surface area contributed by atoms with Gasteiger partial charge >= 0.3 is 0 Å². The van der Waals surface area contributed by atoms with Gasteiger partial charge < -0.3 is 4.74 Å². The number of ketones is 1. The molecule has 106 valence electrons. The molecule has 1 saturated heterocycles. The highest BCUT2D eigenvalue weighted by Gasteiger charge is 2.14. The van der Waals surface area contributed by atoms with Gasteiger partial charge in [0.1, 0.15) is 0 Å². The fraction of sp³-hybridized carbons (Fsp3) is 0.438. The first-order chi connectivity index (χ1) is 9.84. The summed E-state index contributed by atoms with van der Waals surface area (Å²) in [5.74, 6) is 0.274. The molecule has 0 radical (unpaired) electrons. The molecule has 1 aromatic carbocycles. The number of fused-ring (bicyclic) bond motifs is 1. The monoisotopic (exact) mass is 289 g/mol. The third kappa shape index (κ3) is 3.08. The minimum Gasteiger partial charge on any atom is -0.379 e. The topological polar surface area (TPSA) is 29.5 Å². The van der Waals surface area contributed by atoms with Gasteiger partial charge in [-0.25, -0.2) is 0 Å². The number of benzene rings is 1. The Bertz CT molecular complexity index is 587. The lowest BCUT2D eigenvalue weighted by molar-refractivity contribution is 0.0371. The lowest BCUT2D eigenvalue weighted by atomic mass is 10.1. The van der Waals surface area contributed by atoms with E-state index in [-0.39, 0.29) is 5.78 Å². The Kier molecular flexibility index (Phi) is 4.45. The Balaban J connectivity index is 1.56. The summed E-state index contributed by atoms with van der Waals surface area (Å²) in [6.07, 6.45) is 1.57. The largest absolute Gasteiger partial charge is 0.379 e. The van der Waals surface area contributed by atoms with Crippen molar-refractivity contribution in [2.45, 2.75) is 12.8 Å². The Morgan fingerprint density at radius 3 is 2.90 bits per heavy atom. The second-order valence-corrected chi connectivity index (χ2v) is 6.04. The molecule has 3 rings (SSSR count). The van der Waals surface area contributed by atoms with Crippen molar-refractivity contribution < 1.29 is 9.53 Å². The van der Waals surface area contributed by atoms with E-state index in [1.165, 1.54) is 4.70 Å². The molecule has 0 spiro atoms. The maximum Gasteiger partial charge on any atom is 0.164 e. The number of hydrogen-bond donors (Lipinski definition) is 0. The summed E-state index contributed by atoms with van der Waals surface area (Å²) in [5, 5.41) is 3.11. The van der Waals surface area contributed by atoms with Crippen molar-refractivity contribution in [3.63, 3.8) is 0 Å². The van der Waals surface area contributed by atoms with Crippen LogP contribution in [-0.4, -0.2) is 43.5 Å². The number of hydrogen-bond acceptors (Lipinski definition) is 4. The maximum absolute atomic E-state index is 12.3. The molecule has 1 aromatic heterocycles. The van der Waals surface area contributed by atoms with E-state index in [1.807, 2.05) is 23.6 Å². The van der Waals surface area contributed by atoms with Crippen LogP contribution >= 0.6 is 11.3 Å². The molecule has 20 heavy (non-hydrogen) atoms. The van der Waals surface area contributed by atoms with Crippen molar-refractivity contribution in [2.24, 2.45) is 0 Å². The number of carbonyl (C=O) groups excluding carboxylic acids is 1. The SMILES string of the molecule is O=C(CCCN1CCOCC1)c1csc2ccccc12. The summed E-state index contributed by atoms with van der Waals surface area (Å²) in [6, 6.07) is 8.14. The van der Waals surface area contributed by atoms with Crippen LogP contribution < -0.4 is 0 Å². The van der Waals surface area contributed by atoms with Crippen LogP contribution in [0.5, 0.6) is 0 Å². The van der Waals surface area contributed by atoms with Gasteiger partial charge in [-0.1, -0.05) is 18.2 Å². The summed E-state index contributed by atoms with van der Waals surface area (Å²) >= 11 is 1.66. The van der Waals surface area contributed by atoms with Crippen molar-refractivity contribution in [2.75, 3.05) is 32.8 Å². The molecule has 4 heteroatoms. The molecule has 1 aliphatic rings. The fourth-order valence-electron chi connectivity index (χ4n) is 2.62. The summed E-state index contributed by atoms with van der Waals surface area (Å²) < 4.78 is 6.53. The van der Waals surface area contributed by atoms with E-state index in [4.69, 9.17) is 4.74 Å². The van der Waals surface area contributed by atoms with Crippen LogP contribution in [0.2, 0.25) is 0 Å². The summed E-state index contributed by atoms with van der Waals surface area (Å²) in [6.45, 7) is 4.63. The van der Waals surface area contributed by atoms with Gasteiger partial charge in [0.25, 0.3) is 0 Å². The van der Waals surface area contributed by atoms with Gasteiger partial charge in [0.05, 0.1) is 13.2 Å². The van der Waals surface area contributed by atoms with Crippen LogP contribution in [0.25, 0.3) is 10.1 Å². The zero-order valence-corrected chi connectivity index (χ0v) is 12.3. The third-order valence-electron chi connectivity index (χ3n) is 3.76. The minimum absolute atomic E-state index is 0.274. The molecule has 3 nitrogen and oxygen atoms in total.